The molecule has 5 heteroatoms. The van der Waals surface area contributed by atoms with Crippen molar-refractivity contribution in [2.24, 2.45) is 0 Å². The van der Waals surface area contributed by atoms with Crippen LogP contribution in [0.1, 0.15) is 41.5 Å². The second-order valence-electron chi connectivity index (χ2n) is 4.87. The maximum absolute atomic E-state index is 11.4. The molecule has 0 aliphatic heterocycles. The highest BCUT2D eigenvalue weighted by molar-refractivity contribution is 6.30. The Morgan fingerprint density at radius 2 is 1.90 bits per heavy atom. The monoisotopic (exact) mass is 304 g/mol. The largest absolute Gasteiger partial charge is 0.478 e. The van der Waals surface area contributed by atoms with Crippen molar-refractivity contribution in [3.8, 4) is 11.4 Å². The van der Waals surface area contributed by atoms with Gasteiger partial charge in [0.05, 0.1) is 11.4 Å². The molecule has 21 heavy (non-hydrogen) atoms. The smallest absolute Gasteiger partial charge is 0.339 e. The summed E-state index contributed by atoms with van der Waals surface area (Å²) >= 11 is 5.88. The number of unbranched alkanes of at least 4 members (excludes halogenated alkanes) is 1. The van der Waals surface area contributed by atoms with Gasteiger partial charge in [0.2, 0.25) is 0 Å². The van der Waals surface area contributed by atoms with Crippen molar-refractivity contribution in [3.63, 3.8) is 0 Å². The third kappa shape index (κ3) is 3.58. The van der Waals surface area contributed by atoms with Crippen molar-refractivity contribution in [1.29, 1.82) is 0 Å². The van der Waals surface area contributed by atoms with Crippen LogP contribution in [0, 0.1) is 6.92 Å². The van der Waals surface area contributed by atoms with Crippen molar-refractivity contribution in [3.05, 3.63) is 46.2 Å². The summed E-state index contributed by atoms with van der Waals surface area (Å²) in [5.41, 5.74) is 2.15. The lowest BCUT2D eigenvalue weighted by Gasteiger charge is -2.10. The Bertz CT molecular complexity index is 654. The zero-order chi connectivity index (χ0) is 15.4. The van der Waals surface area contributed by atoms with Crippen LogP contribution in [-0.4, -0.2) is 21.0 Å². The standard InChI is InChI=1S/C16H17ClN2O2/c1-3-4-5-13-14(16(20)21)10(2)18-15(19-13)11-6-8-12(17)9-7-11/h6-9H,3-5H2,1-2H3,(H,20,21). The summed E-state index contributed by atoms with van der Waals surface area (Å²) in [5.74, 6) is -0.429. The highest BCUT2D eigenvalue weighted by Gasteiger charge is 2.18. The Hall–Kier alpha value is -1.94. The van der Waals surface area contributed by atoms with Crippen LogP contribution in [0.25, 0.3) is 11.4 Å². The first-order valence-corrected chi connectivity index (χ1v) is 7.27. The molecule has 0 saturated carbocycles. The number of hydrogen-bond donors (Lipinski definition) is 1. The molecule has 0 fully saturated rings. The average molecular weight is 305 g/mol. The predicted octanol–water partition coefficient (Wildman–Crippen LogP) is 4.15. The quantitative estimate of drug-likeness (QED) is 0.901. The maximum Gasteiger partial charge on any atom is 0.339 e. The molecule has 1 N–H and O–H groups in total. The summed E-state index contributed by atoms with van der Waals surface area (Å²) in [5, 5.41) is 9.99. The van der Waals surface area contributed by atoms with Gasteiger partial charge in [-0.3, -0.25) is 0 Å². The minimum absolute atomic E-state index is 0.223. The molecule has 4 nitrogen and oxygen atoms in total. The number of aromatic carboxylic acids is 1. The maximum atomic E-state index is 11.4. The molecule has 2 rings (SSSR count). The van der Waals surface area contributed by atoms with E-state index in [0.717, 1.165) is 18.4 Å². The van der Waals surface area contributed by atoms with E-state index in [1.807, 2.05) is 12.1 Å². The summed E-state index contributed by atoms with van der Waals surface area (Å²) < 4.78 is 0. The summed E-state index contributed by atoms with van der Waals surface area (Å²) in [6, 6.07) is 7.21. The van der Waals surface area contributed by atoms with Gasteiger partial charge in [-0.05, 0) is 44.0 Å². The lowest BCUT2D eigenvalue weighted by atomic mass is 10.1. The molecule has 0 amide bonds. The SMILES string of the molecule is CCCCc1nc(-c2ccc(Cl)cc2)nc(C)c1C(=O)O. The summed E-state index contributed by atoms with van der Waals surface area (Å²) in [7, 11) is 0. The van der Waals surface area contributed by atoms with Crippen LogP contribution in [0.3, 0.4) is 0 Å². The molecule has 0 radical (unpaired) electrons. The molecule has 0 spiro atoms. The highest BCUT2D eigenvalue weighted by atomic mass is 35.5. The summed E-state index contributed by atoms with van der Waals surface area (Å²) in [4.78, 5) is 20.2. The van der Waals surface area contributed by atoms with Crippen LogP contribution in [0.15, 0.2) is 24.3 Å². The third-order valence-corrected chi connectivity index (χ3v) is 3.50. The van der Waals surface area contributed by atoms with Crippen LogP contribution >= 0.6 is 11.6 Å². The molecule has 0 unspecified atom stereocenters. The molecule has 0 saturated heterocycles. The van der Waals surface area contributed by atoms with E-state index in [-0.39, 0.29) is 5.56 Å². The Labute approximate surface area is 128 Å². The minimum atomic E-state index is -0.971. The van der Waals surface area contributed by atoms with Crippen molar-refractivity contribution >= 4 is 17.6 Å². The molecule has 110 valence electrons. The van der Waals surface area contributed by atoms with Crippen molar-refractivity contribution in [1.82, 2.24) is 9.97 Å². The van der Waals surface area contributed by atoms with E-state index >= 15 is 0 Å². The Balaban J connectivity index is 2.51. The zero-order valence-electron chi connectivity index (χ0n) is 12.1. The van der Waals surface area contributed by atoms with Gasteiger partial charge < -0.3 is 5.11 Å². The van der Waals surface area contributed by atoms with E-state index in [0.29, 0.717) is 28.7 Å². The van der Waals surface area contributed by atoms with Crippen LogP contribution in [0.2, 0.25) is 5.02 Å². The fraction of sp³-hybridized carbons (Fsp3) is 0.312. The number of nitrogens with zero attached hydrogens (tertiary/aromatic N) is 2. The highest BCUT2D eigenvalue weighted by Crippen LogP contribution is 2.22. The number of benzene rings is 1. The van der Waals surface area contributed by atoms with E-state index in [2.05, 4.69) is 16.9 Å². The van der Waals surface area contributed by atoms with Crippen molar-refractivity contribution in [2.75, 3.05) is 0 Å². The van der Waals surface area contributed by atoms with Crippen molar-refractivity contribution < 1.29 is 9.90 Å². The number of carboxylic acid groups (broad SMARTS) is 1. The van der Waals surface area contributed by atoms with Gasteiger partial charge in [-0.25, -0.2) is 14.8 Å². The van der Waals surface area contributed by atoms with Gasteiger partial charge in [0.25, 0.3) is 0 Å². The molecule has 1 heterocycles. The second kappa shape index (κ2) is 6.68. The van der Waals surface area contributed by atoms with E-state index in [9.17, 15) is 9.90 Å². The first kappa shape index (κ1) is 15.4. The average Bonchev–Trinajstić information content (AvgIpc) is 2.44. The number of aromatic nitrogens is 2. The van der Waals surface area contributed by atoms with Crippen LogP contribution in [0.4, 0.5) is 0 Å². The molecular formula is C16H17ClN2O2. The molecule has 0 atom stereocenters. The van der Waals surface area contributed by atoms with Gasteiger partial charge >= 0.3 is 5.97 Å². The normalized spacial score (nSPS) is 10.6. The van der Waals surface area contributed by atoms with Crippen molar-refractivity contribution in [2.45, 2.75) is 33.1 Å². The topological polar surface area (TPSA) is 63.1 Å². The predicted molar refractivity (Wildman–Crippen MR) is 82.8 cm³/mol. The van der Waals surface area contributed by atoms with E-state index < -0.39 is 5.97 Å². The van der Waals surface area contributed by atoms with Gasteiger partial charge in [0, 0.05) is 10.6 Å². The number of hydrogen-bond acceptors (Lipinski definition) is 3. The van der Waals surface area contributed by atoms with E-state index in [4.69, 9.17) is 11.6 Å². The fourth-order valence-corrected chi connectivity index (χ4v) is 2.29. The molecule has 0 aliphatic rings. The van der Waals surface area contributed by atoms with Gasteiger partial charge in [0.1, 0.15) is 5.56 Å². The first-order chi connectivity index (χ1) is 10.0. The lowest BCUT2D eigenvalue weighted by Crippen LogP contribution is -2.11. The lowest BCUT2D eigenvalue weighted by molar-refractivity contribution is 0.0693. The van der Waals surface area contributed by atoms with Gasteiger partial charge in [0.15, 0.2) is 5.82 Å². The molecular weight excluding hydrogens is 288 g/mol. The molecule has 1 aromatic carbocycles. The number of rotatable bonds is 5. The Morgan fingerprint density at radius 1 is 1.24 bits per heavy atom. The summed E-state index contributed by atoms with van der Waals surface area (Å²) in [6.07, 6.45) is 2.53. The first-order valence-electron chi connectivity index (χ1n) is 6.89. The molecule has 0 bridgehead atoms. The van der Waals surface area contributed by atoms with Gasteiger partial charge in [-0.15, -0.1) is 0 Å². The van der Waals surface area contributed by atoms with Crippen LogP contribution < -0.4 is 0 Å². The Kier molecular flexibility index (Phi) is 4.91. The third-order valence-electron chi connectivity index (χ3n) is 3.25. The number of carbonyl (C=O) groups is 1. The number of carboxylic acids is 1. The minimum Gasteiger partial charge on any atom is -0.478 e. The Morgan fingerprint density at radius 3 is 2.48 bits per heavy atom. The fourth-order valence-electron chi connectivity index (χ4n) is 2.16. The zero-order valence-corrected chi connectivity index (χ0v) is 12.8. The second-order valence-corrected chi connectivity index (χ2v) is 5.31. The van der Waals surface area contributed by atoms with E-state index in [1.54, 1.807) is 19.1 Å². The summed E-state index contributed by atoms with van der Waals surface area (Å²) in [6.45, 7) is 3.77. The van der Waals surface area contributed by atoms with Gasteiger partial charge in [-0.2, -0.15) is 0 Å². The van der Waals surface area contributed by atoms with Crippen LogP contribution in [-0.2, 0) is 6.42 Å². The number of aryl methyl sites for hydroxylation is 2. The molecule has 1 aromatic heterocycles. The van der Waals surface area contributed by atoms with E-state index in [1.165, 1.54) is 0 Å². The van der Waals surface area contributed by atoms with Gasteiger partial charge in [-0.1, -0.05) is 24.9 Å². The molecule has 2 aromatic rings. The number of halogens is 1. The molecule has 0 aliphatic carbocycles. The van der Waals surface area contributed by atoms with Crippen LogP contribution in [0.5, 0.6) is 0 Å².